The molecule has 0 unspecified atom stereocenters. The first kappa shape index (κ1) is 12.6. The topological polar surface area (TPSA) is 61.0 Å². The van der Waals surface area contributed by atoms with E-state index in [2.05, 4.69) is 28.8 Å². The minimum atomic E-state index is 0.267. The summed E-state index contributed by atoms with van der Waals surface area (Å²) >= 11 is 0. The Balaban J connectivity index is 2.13. The molecule has 108 valence electrons. The molecule has 3 aromatic rings. The van der Waals surface area contributed by atoms with Crippen LogP contribution in [0.5, 0.6) is 5.88 Å². The zero-order valence-electron chi connectivity index (χ0n) is 12.4. The Morgan fingerprint density at radius 3 is 2.95 bits per heavy atom. The SMILES string of the molecule is COc1nc2oc3cncnc3c2c2c1CCC(C)(C)C2. The lowest BCUT2D eigenvalue weighted by atomic mass is 9.74. The molecule has 5 nitrogen and oxygen atoms in total. The monoisotopic (exact) mass is 283 g/mol. The van der Waals surface area contributed by atoms with Crippen LogP contribution in [0.3, 0.4) is 0 Å². The summed E-state index contributed by atoms with van der Waals surface area (Å²) in [7, 11) is 1.66. The molecule has 0 aromatic carbocycles. The smallest absolute Gasteiger partial charge is 0.232 e. The normalized spacial score (nSPS) is 17.1. The first-order valence-corrected chi connectivity index (χ1v) is 7.17. The molecule has 4 rings (SSSR count). The largest absolute Gasteiger partial charge is 0.481 e. The molecular weight excluding hydrogens is 266 g/mol. The molecule has 1 aliphatic carbocycles. The fraction of sp³-hybridized carbons (Fsp3) is 0.438. The summed E-state index contributed by atoms with van der Waals surface area (Å²) in [6.07, 6.45) is 6.34. The van der Waals surface area contributed by atoms with Gasteiger partial charge in [-0.25, -0.2) is 9.97 Å². The second kappa shape index (κ2) is 4.16. The molecule has 0 N–H and O–H groups in total. The second-order valence-corrected chi connectivity index (χ2v) is 6.44. The van der Waals surface area contributed by atoms with Gasteiger partial charge in [0.1, 0.15) is 11.8 Å². The molecule has 1 aliphatic rings. The summed E-state index contributed by atoms with van der Waals surface area (Å²) < 4.78 is 11.3. The quantitative estimate of drug-likeness (QED) is 0.685. The molecule has 0 amide bonds. The molecule has 0 atom stereocenters. The molecule has 0 aliphatic heterocycles. The van der Waals surface area contributed by atoms with E-state index in [9.17, 15) is 0 Å². The molecule has 5 heteroatoms. The lowest BCUT2D eigenvalue weighted by Crippen LogP contribution is -2.23. The number of nitrogens with zero attached hydrogens (tertiary/aromatic N) is 3. The van der Waals surface area contributed by atoms with Gasteiger partial charge in [0.2, 0.25) is 11.6 Å². The van der Waals surface area contributed by atoms with E-state index in [1.165, 1.54) is 11.1 Å². The summed E-state index contributed by atoms with van der Waals surface area (Å²) in [6, 6.07) is 0. The minimum Gasteiger partial charge on any atom is -0.481 e. The molecule has 0 radical (unpaired) electrons. The number of rotatable bonds is 1. The molecule has 21 heavy (non-hydrogen) atoms. The van der Waals surface area contributed by atoms with Gasteiger partial charge in [-0.05, 0) is 30.2 Å². The van der Waals surface area contributed by atoms with Gasteiger partial charge < -0.3 is 9.15 Å². The van der Waals surface area contributed by atoms with Gasteiger partial charge in [-0.2, -0.15) is 4.98 Å². The highest BCUT2D eigenvalue weighted by Crippen LogP contribution is 2.43. The van der Waals surface area contributed by atoms with E-state index in [0.29, 0.717) is 17.2 Å². The molecule has 0 saturated carbocycles. The Labute approximate surface area is 122 Å². The number of ether oxygens (including phenoxy) is 1. The van der Waals surface area contributed by atoms with E-state index >= 15 is 0 Å². The van der Waals surface area contributed by atoms with E-state index in [1.807, 2.05) is 0 Å². The number of furan rings is 1. The van der Waals surface area contributed by atoms with Crippen LogP contribution in [0.25, 0.3) is 22.2 Å². The van der Waals surface area contributed by atoms with Crippen LogP contribution in [0, 0.1) is 5.41 Å². The summed E-state index contributed by atoms with van der Waals surface area (Å²) in [5.74, 6) is 0.681. The van der Waals surface area contributed by atoms with Crippen molar-refractivity contribution < 1.29 is 9.15 Å². The summed E-state index contributed by atoms with van der Waals surface area (Å²) in [4.78, 5) is 13.0. The maximum atomic E-state index is 5.81. The zero-order chi connectivity index (χ0) is 14.6. The van der Waals surface area contributed by atoms with Gasteiger partial charge >= 0.3 is 0 Å². The lowest BCUT2D eigenvalue weighted by molar-refractivity contribution is 0.307. The predicted molar refractivity (Wildman–Crippen MR) is 79.5 cm³/mol. The van der Waals surface area contributed by atoms with Crippen molar-refractivity contribution in [3.05, 3.63) is 23.7 Å². The Morgan fingerprint density at radius 2 is 2.14 bits per heavy atom. The van der Waals surface area contributed by atoms with Crippen LogP contribution in [0.15, 0.2) is 16.9 Å². The Kier molecular flexibility index (Phi) is 2.49. The third-order valence-electron chi connectivity index (χ3n) is 4.36. The van der Waals surface area contributed by atoms with E-state index in [1.54, 1.807) is 19.6 Å². The number of hydrogen-bond acceptors (Lipinski definition) is 5. The van der Waals surface area contributed by atoms with Gasteiger partial charge in [0, 0.05) is 5.56 Å². The highest BCUT2D eigenvalue weighted by molar-refractivity contribution is 6.03. The zero-order valence-corrected chi connectivity index (χ0v) is 12.4. The molecular formula is C16H17N3O2. The van der Waals surface area contributed by atoms with Gasteiger partial charge in [0.15, 0.2) is 5.58 Å². The molecule has 0 saturated heterocycles. The van der Waals surface area contributed by atoms with Crippen molar-refractivity contribution >= 4 is 22.2 Å². The summed E-state index contributed by atoms with van der Waals surface area (Å²) in [5.41, 5.74) is 4.86. The van der Waals surface area contributed by atoms with Gasteiger partial charge in [0.25, 0.3) is 0 Å². The number of hydrogen-bond donors (Lipinski definition) is 0. The van der Waals surface area contributed by atoms with Crippen LogP contribution in [-0.2, 0) is 12.8 Å². The molecule has 3 heterocycles. The predicted octanol–water partition coefficient (Wildman–Crippen LogP) is 3.29. The van der Waals surface area contributed by atoms with E-state index < -0.39 is 0 Å². The Bertz CT molecular complexity index is 851. The van der Waals surface area contributed by atoms with Crippen LogP contribution < -0.4 is 4.74 Å². The highest BCUT2D eigenvalue weighted by Gasteiger charge is 2.31. The standard InChI is InChI=1S/C16H17N3O2/c1-16(2)5-4-9-10(6-16)12-13-11(7-17-8-18-13)21-15(12)19-14(9)20-3/h7-8H,4-6H2,1-3H3. The molecule has 0 spiro atoms. The lowest BCUT2D eigenvalue weighted by Gasteiger charge is -2.31. The molecule has 3 aromatic heterocycles. The summed E-state index contributed by atoms with van der Waals surface area (Å²) in [6.45, 7) is 4.60. The van der Waals surface area contributed by atoms with Gasteiger partial charge in [-0.3, -0.25) is 0 Å². The van der Waals surface area contributed by atoms with Crippen molar-refractivity contribution in [1.82, 2.24) is 15.0 Å². The van der Waals surface area contributed by atoms with Gasteiger partial charge in [-0.1, -0.05) is 13.8 Å². The van der Waals surface area contributed by atoms with Crippen molar-refractivity contribution in [1.29, 1.82) is 0 Å². The van der Waals surface area contributed by atoms with Crippen LogP contribution in [0.2, 0.25) is 0 Å². The van der Waals surface area contributed by atoms with Crippen molar-refractivity contribution in [3.63, 3.8) is 0 Å². The van der Waals surface area contributed by atoms with Gasteiger partial charge in [-0.15, -0.1) is 0 Å². The van der Waals surface area contributed by atoms with Crippen molar-refractivity contribution in [3.8, 4) is 5.88 Å². The highest BCUT2D eigenvalue weighted by atomic mass is 16.5. The van der Waals surface area contributed by atoms with Crippen molar-refractivity contribution in [2.75, 3.05) is 7.11 Å². The van der Waals surface area contributed by atoms with E-state index in [-0.39, 0.29) is 5.41 Å². The first-order chi connectivity index (χ1) is 10.1. The van der Waals surface area contributed by atoms with E-state index in [4.69, 9.17) is 9.15 Å². The fourth-order valence-corrected chi connectivity index (χ4v) is 3.28. The van der Waals surface area contributed by atoms with E-state index in [0.717, 1.165) is 30.2 Å². The second-order valence-electron chi connectivity index (χ2n) is 6.44. The van der Waals surface area contributed by atoms with Crippen LogP contribution >= 0.6 is 0 Å². The average molecular weight is 283 g/mol. The number of methoxy groups -OCH3 is 1. The summed E-state index contributed by atoms with van der Waals surface area (Å²) in [5, 5.41) is 1.02. The Hall–Kier alpha value is -2.17. The maximum absolute atomic E-state index is 5.81. The van der Waals surface area contributed by atoms with Crippen LogP contribution in [-0.4, -0.2) is 22.1 Å². The first-order valence-electron chi connectivity index (χ1n) is 7.17. The fourth-order valence-electron chi connectivity index (χ4n) is 3.28. The van der Waals surface area contributed by atoms with Crippen molar-refractivity contribution in [2.45, 2.75) is 33.1 Å². The number of aromatic nitrogens is 3. The number of fused-ring (bicyclic) bond motifs is 5. The van der Waals surface area contributed by atoms with Crippen LogP contribution in [0.1, 0.15) is 31.4 Å². The maximum Gasteiger partial charge on any atom is 0.232 e. The van der Waals surface area contributed by atoms with Crippen LogP contribution in [0.4, 0.5) is 0 Å². The van der Waals surface area contributed by atoms with Crippen molar-refractivity contribution in [2.24, 2.45) is 5.41 Å². The number of pyridine rings is 1. The third-order valence-corrected chi connectivity index (χ3v) is 4.36. The average Bonchev–Trinajstić information content (AvgIpc) is 2.83. The third kappa shape index (κ3) is 1.80. The Morgan fingerprint density at radius 1 is 1.29 bits per heavy atom. The van der Waals surface area contributed by atoms with Gasteiger partial charge in [0.05, 0.1) is 18.7 Å². The molecule has 0 fully saturated rings. The minimum absolute atomic E-state index is 0.267. The molecule has 0 bridgehead atoms.